The van der Waals surface area contributed by atoms with Gasteiger partial charge in [-0.15, -0.1) is 0 Å². The van der Waals surface area contributed by atoms with Gasteiger partial charge in [0.15, 0.2) is 11.6 Å². The van der Waals surface area contributed by atoms with Gasteiger partial charge in [-0.1, -0.05) is 6.07 Å². The highest BCUT2D eigenvalue weighted by Gasteiger charge is 2.21. The zero-order valence-corrected chi connectivity index (χ0v) is 10.1. The highest BCUT2D eigenvalue weighted by Crippen LogP contribution is 2.21. The van der Waals surface area contributed by atoms with Crippen LogP contribution in [0.1, 0.15) is 12.0 Å². The summed E-state index contributed by atoms with van der Waals surface area (Å²) in [6.07, 6.45) is 1.20. The molecule has 1 aliphatic heterocycles. The summed E-state index contributed by atoms with van der Waals surface area (Å²) in [6, 6.07) is 4.62. The first-order valence-electron chi connectivity index (χ1n) is 6.03. The summed E-state index contributed by atoms with van der Waals surface area (Å²) in [5.41, 5.74) is 0.922. The molecule has 0 saturated carbocycles. The Hall–Kier alpha value is -1.13. The fraction of sp³-hybridized carbons (Fsp3) is 0.538. The second-order valence-corrected chi connectivity index (χ2v) is 4.73. The van der Waals surface area contributed by atoms with Gasteiger partial charge in [0.25, 0.3) is 0 Å². The van der Waals surface area contributed by atoms with Gasteiger partial charge >= 0.3 is 0 Å². The number of nitrogens with one attached hydrogen (secondary N) is 1. The molecule has 1 aliphatic rings. The molecule has 1 heterocycles. The number of rotatable bonds is 4. The molecule has 4 heteroatoms. The van der Waals surface area contributed by atoms with Crippen molar-refractivity contribution in [1.82, 2.24) is 10.2 Å². The third-order valence-electron chi connectivity index (χ3n) is 3.28. The van der Waals surface area contributed by atoms with Crippen LogP contribution in [-0.2, 0) is 6.54 Å². The van der Waals surface area contributed by atoms with Crippen molar-refractivity contribution < 1.29 is 9.50 Å². The average Bonchev–Trinajstić information content (AvgIpc) is 2.72. The Labute approximate surface area is 101 Å². The van der Waals surface area contributed by atoms with E-state index in [0.29, 0.717) is 5.92 Å². The first-order valence-corrected chi connectivity index (χ1v) is 6.03. The molecule has 1 saturated heterocycles. The van der Waals surface area contributed by atoms with Gasteiger partial charge in [0.05, 0.1) is 0 Å². The van der Waals surface area contributed by atoms with E-state index >= 15 is 0 Å². The lowest BCUT2D eigenvalue weighted by Crippen LogP contribution is -2.24. The number of phenolic OH excluding ortho intramolecular Hbond substituents is 1. The highest BCUT2D eigenvalue weighted by molar-refractivity contribution is 5.28. The third-order valence-corrected chi connectivity index (χ3v) is 3.28. The Morgan fingerprint density at radius 2 is 2.35 bits per heavy atom. The lowest BCUT2D eigenvalue weighted by Gasteiger charge is -2.16. The van der Waals surface area contributed by atoms with Crippen molar-refractivity contribution in [3.63, 3.8) is 0 Å². The van der Waals surface area contributed by atoms with Crippen molar-refractivity contribution in [2.75, 3.05) is 26.7 Å². The van der Waals surface area contributed by atoms with Crippen LogP contribution < -0.4 is 5.32 Å². The van der Waals surface area contributed by atoms with Crippen LogP contribution in [0.25, 0.3) is 0 Å². The second kappa shape index (κ2) is 5.47. The highest BCUT2D eigenvalue weighted by atomic mass is 19.1. The smallest absolute Gasteiger partial charge is 0.165 e. The van der Waals surface area contributed by atoms with Gasteiger partial charge in [0.1, 0.15) is 0 Å². The Morgan fingerprint density at radius 3 is 3.06 bits per heavy atom. The van der Waals surface area contributed by atoms with Crippen molar-refractivity contribution in [2.45, 2.75) is 13.0 Å². The molecular weight excluding hydrogens is 219 g/mol. The molecule has 94 valence electrons. The first-order chi connectivity index (χ1) is 8.19. The van der Waals surface area contributed by atoms with Crippen molar-refractivity contribution in [3.05, 3.63) is 29.6 Å². The summed E-state index contributed by atoms with van der Waals surface area (Å²) in [5.74, 6) is -0.112. The number of halogens is 1. The molecule has 3 nitrogen and oxygen atoms in total. The molecule has 0 spiro atoms. The lowest BCUT2D eigenvalue weighted by atomic mass is 10.1. The van der Waals surface area contributed by atoms with Gasteiger partial charge in [-0.25, -0.2) is 4.39 Å². The van der Waals surface area contributed by atoms with Crippen LogP contribution in [0, 0.1) is 11.7 Å². The lowest BCUT2D eigenvalue weighted by molar-refractivity contribution is 0.314. The maximum atomic E-state index is 13.2. The Balaban J connectivity index is 1.91. The van der Waals surface area contributed by atoms with Crippen LogP contribution in [0.4, 0.5) is 4.39 Å². The predicted molar refractivity (Wildman–Crippen MR) is 65.4 cm³/mol. The predicted octanol–water partition coefficient (Wildman–Crippen LogP) is 1.57. The quantitative estimate of drug-likeness (QED) is 0.836. The molecule has 0 amide bonds. The van der Waals surface area contributed by atoms with Crippen molar-refractivity contribution in [2.24, 2.45) is 5.92 Å². The zero-order valence-electron chi connectivity index (χ0n) is 10.1. The van der Waals surface area contributed by atoms with Crippen LogP contribution in [0.15, 0.2) is 18.2 Å². The van der Waals surface area contributed by atoms with E-state index in [4.69, 9.17) is 5.11 Å². The van der Waals surface area contributed by atoms with E-state index in [9.17, 15) is 4.39 Å². The third kappa shape index (κ3) is 3.17. The topological polar surface area (TPSA) is 35.5 Å². The van der Waals surface area contributed by atoms with E-state index in [1.54, 1.807) is 6.07 Å². The molecule has 1 aromatic carbocycles. The Morgan fingerprint density at radius 1 is 1.53 bits per heavy atom. The van der Waals surface area contributed by atoms with Gasteiger partial charge in [0.2, 0.25) is 0 Å². The fourth-order valence-electron chi connectivity index (χ4n) is 2.42. The van der Waals surface area contributed by atoms with E-state index in [0.717, 1.165) is 31.7 Å². The van der Waals surface area contributed by atoms with E-state index in [1.165, 1.54) is 18.6 Å². The molecule has 2 rings (SSSR count). The number of likely N-dealkylation sites (tertiary alicyclic amines) is 1. The van der Waals surface area contributed by atoms with Crippen molar-refractivity contribution in [3.8, 4) is 5.75 Å². The molecule has 0 aliphatic carbocycles. The summed E-state index contributed by atoms with van der Waals surface area (Å²) in [6.45, 7) is 3.93. The van der Waals surface area contributed by atoms with Crippen LogP contribution >= 0.6 is 0 Å². The Kier molecular flexibility index (Phi) is 3.97. The van der Waals surface area contributed by atoms with Gasteiger partial charge in [-0.05, 0) is 50.2 Å². The number of aromatic hydroxyl groups is 1. The van der Waals surface area contributed by atoms with Crippen molar-refractivity contribution >= 4 is 0 Å². The fourth-order valence-corrected chi connectivity index (χ4v) is 2.42. The first kappa shape index (κ1) is 12.3. The number of hydrogen-bond acceptors (Lipinski definition) is 3. The van der Waals surface area contributed by atoms with Crippen LogP contribution in [-0.4, -0.2) is 36.7 Å². The SMILES string of the molecule is CNCC1CCN(Cc2ccc(O)c(F)c2)C1. The average molecular weight is 238 g/mol. The van der Waals surface area contributed by atoms with Gasteiger partial charge in [-0.3, -0.25) is 4.90 Å². The molecule has 17 heavy (non-hydrogen) atoms. The summed E-state index contributed by atoms with van der Waals surface area (Å²) >= 11 is 0. The van der Waals surface area contributed by atoms with Crippen LogP contribution in [0.3, 0.4) is 0 Å². The largest absolute Gasteiger partial charge is 0.505 e. The minimum atomic E-state index is -0.534. The number of phenols is 1. The second-order valence-electron chi connectivity index (χ2n) is 4.73. The van der Waals surface area contributed by atoms with Crippen molar-refractivity contribution in [1.29, 1.82) is 0 Å². The maximum Gasteiger partial charge on any atom is 0.165 e. The number of hydrogen-bond donors (Lipinski definition) is 2. The normalized spacial score (nSPS) is 20.9. The monoisotopic (exact) mass is 238 g/mol. The minimum absolute atomic E-state index is 0.275. The zero-order chi connectivity index (χ0) is 12.3. The molecule has 1 atom stereocenters. The van der Waals surface area contributed by atoms with E-state index < -0.39 is 5.82 Å². The molecule has 1 unspecified atom stereocenters. The molecule has 0 aromatic heterocycles. The number of benzene rings is 1. The minimum Gasteiger partial charge on any atom is -0.505 e. The molecule has 2 N–H and O–H groups in total. The van der Waals surface area contributed by atoms with Gasteiger partial charge in [-0.2, -0.15) is 0 Å². The molecule has 0 bridgehead atoms. The summed E-state index contributed by atoms with van der Waals surface area (Å²) in [7, 11) is 1.97. The van der Waals surface area contributed by atoms with Crippen LogP contribution in [0.2, 0.25) is 0 Å². The molecule has 1 fully saturated rings. The number of nitrogens with zero attached hydrogens (tertiary/aromatic N) is 1. The van der Waals surface area contributed by atoms with Gasteiger partial charge in [0, 0.05) is 13.1 Å². The van der Waals surface area contributed by atoms with E-state index in [-0.39, 0.29) is 5.75 Å². The van der Waals surface area contributed by atoms with E-state index in [2.05, 4.69) is 10.2 Å². The van der Waals surface area contributed by atoms with Crippen LogP contribution in [0.5, 0.6) is 5.75 Å². The molecular formula is C13H19FN2O. The summed E-state index contributed by atoms with van der Waals surface area (Å²) in [4.78, 5) is 2.33. The molecule has 0 radical (unpaired) electrons. The summed E-state index contributed by atoms with van der Waals surface area (Å²) < 4.78 is 13.2. The summed E-state index contributed by atoms with van der Waals surface area (Å²) in [5, 5.41) is 12.3. The van der Waals surface area contributed by atoms with E-state index in [1.807, 2.05) is 7.05 Å². The Bertz CT molecular complexity index is 384. The molecule has 1 aromatic rings. The maximum absolute atomic E-state index is 13.2. The van der Waals surface area contributed by atoms with Gasteiger partial charge < -0.3 is 10.4 Å². The standard InChI is InChI=1S/C13H19FN2O/c1-15-7-11-4-5-16(9-11)8-10-2-3-13(17)12(14)6-10/h2-3,6,11,15,17H,4-5,7-9H2,1H3.